The van der Waals surface area contributed by atoms with Gasteiger partial charge in [-0.2, -0.15) is 0 Å². The molecule has 0 radical (unpaired) electrons. The van der Waals surface area contributed by atoms with Crippen molar-refractivity contribution >= 4 is 5.97 Å². The molecule has 0 aromatic rings. The number of ether oxygens (including phenoxy) is 1. The minimum atomic E-state index is -0.0912. The molecule has 0 aromatic carbocycles. The third-order valence-corrected chi connectivity index (χ3v) is 2.37. The fourth-order valence-corrected chi connectivity index (χ4v) is 1.28. The zero-order valence-electron chi connectivity index (χ0n) is 10.5. The van der Waals surface area contributed by atoms with E-state index in [2.05, 4.69) is 26.8 Å². The van der Waals surface area contributed by atoms with Gasteiger partial charge in [0, 0.05) is 6.42 Å². The number of allylic oxidation sites excluding steroid dienone is 2. The summed E-state index contributed by atoms with van der Waals surface area (Å²) in [5.41, 5.74) is 1.37. The smallest absolute Gasteiger partial charge is 0.305 e. The lowest BCUT2D eigenvalue weighted by Crippen LogP contribution is -2.07. The van der Waals surface area contributed by atoms with Gasteiger partial charge in [-0.25, -0.2) is 0 Å². The van der Waals surface area contributed by atoms with Crippen molar-refractivity contribution in [1.29, 1.82) is 0 Å². The average molecular weight is 212 g/mol. The van der Waals surface area contributed by atoms with E-state index >= 15 is 0 Å². The van der Waals surface area contributed by atoms with Gasteiger partial charge in [0.15, 0.2) is 0 Å². The highest BCUT2D eigenvalue weighted by molar-refractivity contribution is 5.68. The summed E-state index contributed by atoms with van der Waals surface area (Å²) in [4.78, 5) is 10.9. The van der Waals surface area contributed by atoms with Crippen LogP contribution in [0.15, 0.2) is 11.6 Å². The van der Waals surface area contributed by atoms with Crippen molar-refractivity contribution in [3.63, 3.8) is 0 Å². The normalized spacial score (nSPS) is 12.0. The molecule has 0 amide bonds. The predicted octanol–water partition coefficient (Wildman–Crippen LogP) is 3.71. The maximum Gasteiger partial charge on any atom is 0.305 e. The zero-order valence-corrected chi connectivity index (χ0v) is 10.5. The minimum absolute atomic E-state index is 0.0912. The molecule has 0 spiro atoms. The van der Waals surface area contributed by atoms with Crippen molar-refractivity contribution in [2.75, 3.05) is 6.61 Å². The number of carbonyl (C=O) groups excluding carboxylic acids is 1. The van der Waals surface area contributed by atoms with Crippen molar-refractivity contribution in [3.8, 4) is 0 Å². The van der Waals surface area contributed by atoms with Crippen molar-refractivity contribution in [2.45, 2.75) is 53.4 Å². The first-order chi connectivity index (χ1) is 7.06. The third kappa shape index (κ3) is 9.51. The second kappa shape index (κ2) is 8.51. The molecule has 0 fully saturated rings. The van der Waals surface area contributed by atoms with Gasteiger partial charge in [-0.1, -0.05) is 25.5 Å². The summed E-state index contributed by atoms with van der Waals surface area (Å²) in [6.07, 6.45) is 6.02. The Hall–Kier alpha value is -0.790. The first-order valence-corrected chi connectivity index (χ1v) is 5.85. The van der Waals surface area contributed by atoms with Crippen LogP contribution in [-0.4, -0.2) is 12.6 Å². The predicted molar refractivity (Wildman–Crippen MR) is 63.7 cm³/mol. The minimum Gasteiger partial charge on any atom is -0.466 e. The molecule has 15 heavy (non-hydrogen) atoms. The van der Waals surface area contributed by atoms with Crippen LogP contribution in [0.1, 0.15) is 53.4 Å². The van der Waals surface area contributed by atoms with Gasteiger partial charge in [-0.05, 0) is 39.0 Å². The van der Waals surface area contributed by atoms with E-state index < -0.39 is 0 Å². The van der Waals surface area contributed by atoms with Crippen molar-refractivity contribution in [3.05, 3.63) is 11.6 Å². The topological polar surface area (TPSA) is 26.3 Å². The number of rotatable bonds is 7. The van der Waals surface area contributed by atoms with Gasteiger partial charge in [0.2, 0.25) is 0 Å². The molecule has 88 valence electrons. The van der Waals surface area contributed by atoms with Crippen LogP contribution in [-0.2, 0) is 9.53 Å². The zero-order chi connectivity index (χ0) is 11.7. The van der Waals surface area contributed by atoms with Gasteiger partial charge >= 0.3 is 5.97 Å². The quantitative estimate of drug-likeness (QED) is 0.475. The molecule has 0 N–H and O–H groups in total. The Morgan fingerprint density at radius 2 is 2.00 bits per heavy atom. The van der Waals surface area contributed by atoms with Crippen LogP contribution in [0, 0.1) is 5.92 Å². The Labute approximate surface area is 93.7 Å². The van der Waals surface area contributed by atoms with E-state index in [0.29, 0.717) is 18.9 Å². The molecule has 0 rings (SSSR count). The first-order valence-electron chi connectivity index (χ1n) is 5.85. The Bertz CT molecular complexity index is 203. The molecule has 0 aliphatic rings. The van der Waals surface area contributed by atoms with Crippen LogP contribution in [0.2, 0.25) is 0 Å². The SMILES string of the molecule is CCC(=O)OCC[C@H](C)CCC=C(C)C. The van der Waals surface area contributed by atoms with E-state index in [4.69, 9.17) is 4.74 Å². The van der Waals surface area contributed by atoms with Crippen LogP contribution >= 0.6 is 0 Å². The van der Waals surface area contributed by atoms with Gasteiger partial charge < -0.3 is 4.74 Å². The molecule has 2 heteroatoms. The maximum atomic E-state index is 10.9. The van der Waals surface area contributed by atoms with Crippen molar-refractivity contribution < 1.29 is 9.53 Å². The lowest BCUT2D eigenvalue weighted by molar-refractivity contribution is -0.143. The number of hydrogen-bond acceptors (Lipinski definition) is 2. The third-order valence-electron chi connectivity index (χ3n) is 2.37. The summed E-state index contributed by atoms with van der Waals surface area (Å²) in [5, 5.41) is 0. The Morgan fingerprint density at radius 3 is 2.53 bits per heavy atom. The van der Waals surface area contributed by atoms with Crippen LogP contribution in [0.5, 0.6) is 0 Å². The summed E-state index contributed by atoms with van der Waals surface area (Å²) in [5.74, 6) is 0.539. The monoisotopic (exact) mass is 212 g/mol. The van der Waals surface area contributed by atoms with Gasteiger partial charge in [0.25, 0.3) is 0 Å². The molecule has 0 unspecified atom stereocenters. The van der Waals surface area contributed by atoms with E-state index in [1.807, 2.05) is 6.92 Å². The van der Waals surface area contributed by atoms with E-state index in [9.17, 15) is 4.79 Å². The van der Waals surface area contributed by atoms with E-state index in [0.717, 1.165) is 12.8 Å². The summed E-state index contributed by atoms with van der Waals surface area (Å²) < 4.78 is 5.03. The maximum absolute atomic E-state index is 10.9. The van der Waals surface area contributed by atoms with E-state index in [1.165, 1.54) is 12.0 Å². The fraction of sp³-hybridized carbons (Fsp3) is 0.769. The Balaban J connectivity index is 3.45. The second-order valence-corrected chi connectivity index (χ2v) is 4.33. The van der Waals surface area contributed by atoms with Crippen LogP contribution in [0.4, 0.5) is 0 Å². The van der Waals surface area contributed by atoms with Gasteiger partial charge in [0.1, 0.15) is 0 Å². The van der Waals surface area contributed by atoms with Crippen molar-refractivity contribution in [2.24, 2.45) is 5.92 Å². The number of carbonyl (C=O) groups is 1. The molecule has 2 nitrogen and oxygen atoms in total. The second-order valence-electron chi connectivity index (χ2n) is 4.33. The largest absolute Gasteiger partial charge is 0.466 e. The summed E-state index contributed by atoms with van der Waals surface area (Å²) in [7, 11) is 0. The van der Waals surface area contributed by atoms with Gasteiger partial charge in [-0.3, -0.25) is 4.79 Å². The van der Waals surface area contributed by atoms with Crippen LogP contribution < -0.4 is 0 Å². The molecule has 0 bridgehead atoms. The summed E-state index contributed by atoms with van der Waals surface area (Å²) in [6.45, 7) is 8.84. The number of hydrogen-bond donors (Lipinski definition) is 0. The van der Waals surface area contributed by atoms with Gasteiger partial charge in [0.05, 0.1) is 6.61 Å². The number of esters is 1. The molecule has 1 atom stereocenters. The van der Waals surface area contributed by atoms with E-state index in [1.54, 1.807) is 0 Å². The highest BCUT2D eigenvalue weighted by atomic mass is 16.5. The molecule has 0 heterocycles. The molecule has 0 aliphatic carbocycles. The molecule has 0 aromatic heterocycles. The molecular weight excluding hydrogens is 188 g/mol. The molecule has 0 saturated heterocycles. The standard InChI is InChI=1S/C13H24O2/c1-5-13(14)15-10-9-12(4)8-6-7-11(2)3/h7,12H,5-6,8-10H2,1-4H3/t12-/m1/s1. The van der Waals surface area contributed by atoms with Crippen molar-refractivity contribution in [1.82, 2.24) is 0 Å². The highest BCUT2D eigenvalue weighted by Gasteiger charge is 2.03. The fourth-order valence-electron chi connectivity index (χ4n) is 1.28. The first kappa shape index (κ1) is 14.2. The molecule has 0 aliphatic heterocycles. The highest BCUT2D eigenvalue weighted by Crippen LogP contribution is 2.11. The molecule has 0 saturated carbocycles. The average Bonchev–Trinajstić information content (AvgIpc) is 2.17. The Kier molecular flexibility index (Phi) is 8.06. The summed E-state index contributed by atoms with van der Waals surface area (Å²) >= 11 is 0. The van der Waals surface area contributed by atoms with Crippen LogP contribution in [0.25, 0.3) is 0 Å². The molecular formula is C13H24O2. The Morgan fingerprint density at radius 1 is 1.33 bits per heavy atom. The summed E-state index contributed by atoms with van der Waals surface area (Å²) in [6, 6.07) is 0. The van der Waals surface area contributed by atoms with Crippen LogP contribution in [0.3, 0.4) is 0 Å². The van der Waals surface area contributed by atoms with Gasteiger partial charge in [-0.15, -0.1) is 0 Å². The van der Waals surface area contributed by atoms with E-state index in [-0.39, 0.29) is 5.97 Å². The lowest BCUT2D eigenvalue weighted by atomic mass is 10.0. The lowest BCUT2D eigenvalue weighted by Gasteiger charge is -2.10.